The molecular weight excluding hydrogens is 220 g/mol. The summed E-state index contributed by atoms with van der Waals surface area (Å²) in [6.45, 7) is 16.7. The Morgan fingerprint density at radius 2 is 1.83 bits per heavy atom. The van der Waals surface area contributed by atoms with Crippen LogP contribution in [0.2, 0.25) is 0 Å². The summed E-state index contributed by atoms with van der Waals surface area (Å²) in [7, 11) is 0. The van der Waals surface area contributed by atoms with E-state index in [0.29, 0.717) is 11.5 Å². The summed E-state index contributed by atoms with van der Waals surface area (Å²) in [4.78, 5) is 2.57. The second kappa shape index (κ2) is 7.49. The minimum Gasteiger partial charge on any atom is -0.314 e. The second-order valence-electron chi connectivity index (χ2n) is 7.29. The van der Waals surface area contributed by atoms with E-state index in [9.17, 15) is 0 Å². The van der Waals surface area contributed by atoms with Crippen LogP contribution in [0.1, 0.15) is 60.3 Å². The van der Waals surface area contributed by atoms with Gasteiger partial charge in [0, 0.05) is 6.04 Å². The third-order valence-corrected chi connectivity index (χ3v) is 4.24. The third kappa shape index (κ3) is 6.75. The second-order valence-corrected chi connectivity index (χ2v) is 7.29. The number of rotatable bonds is 6. The van der Waals surface area contributed by atoms with Crippen molar-refractivity contribution in [2.24, 2.45) is 11.3 Å². The molecule has 0 aromatic carbocycles. The minimum atomic E-state index is 0.475. The third-order valence-electron chi connectivity index (χ3n) is 4.24. The van der Waals surface area contributed by atoms with Gasteiger partial charge in [-0.2, -0.15) is 0 Å². The van der Waals surface area contributed by atoms with E-state index < -0.39 is 0 Å². The zero-order valence-corrected chi connectivity index (χ0v) is 13.3. The average molecular weight is 254 g/mol. The maximum atomic E-state index is 3.74. The molecule has 0 spiro atoms. The predicted octanol–water partition coefficient (Wildman–Crippen LogP) is 3.52. The van der Waals surface area contributed by atoms with Crippen molar-refractivity contribution in [3.8, 4) is 0 Å². The van der Waals surface area contributed by atoms with Gasteiger partial charge in [0.15, 0.2) is 0 Å². The lowest BCUT2D eigenvalue weighted by atomic mass is 9.89. The van der Waals surface area contributed by atoms with Crippen LogP contribution in [0.15, 0.2) is 0 Å². The van der Waals surface area contributed by atoms with Crippen LogP contribution in [0.25, 0.3) is 0 Å². The van der Waals surface area contributed by atoms with Gasteiger partial charge in [-0.1, -0.05) is 27.7 Å². The number of nitrogens with zero attached hydrogens (tertiary/aromatic N) is 1. The van der Waals surface area contributed by atoms with Gasteiger partial charge in [0.25, 0.3) is 0 Å². The summed E-state index contributed by atoms with van der Waals surface area (Å²) in [6, 6.07) is 0.674. The zero-order valence-electron chi connectivity index (χ0n) is 13.3. The molecule has 0 saturated carbocycles. The molecule has 1 rings (SSSR count). The Morgan fingerprint density at radius 3 is 2.33 bits per heavy atom. The van der Waals surface area contributed by atoms with Crippen molar-refractivity contribution in [2.45, 2.75) is 66.3 Å². The van der Waals surface area contributed by atoms with Gasteiger partial charge in [-0.25, -0.2) is 0 Å². The van der Waals surface area contributed by atoms with Gasteiger partial charge in [0.2, 0.25) is 0 Å². The number of hydrogen-bond donors (Lipinski definition) is 1. The Kier molecular flexibility index (Phi) is 6.65. The van der Waals surface area contributed by atoms with Crippen LogP contribution in [0, 0.1) is 11.3 Å². The fourth-order valence-corrected chi connectivity index (χ4v) is 2.63. The van der Waals surface area contributed by atoms with Gasteiger partial charge >= 0.3 is 0 Å². The molecule has 1 aliphatic heterocycles. The highest BCUT2D eigenvalue weighted by atomic mass is 15.1. The van der Waals surface area contributed by atoms with Crippen LogP contribution >= 0.6 is 0 Å². The first-order valence-electron chi connectivity index (χ1n) is 7.86. The Balaban J connectivity index is 2.10. The maximum absolute atomic E-state index is 3.74. The molecule has 0 aromatic heterocycles. The highest BCUT2D eigenvalue weighted by Gasteiger charge is 2.18. The van der Waals surface area contributed by atoms with Crippen LogP contribution in [-0.2, 0) is 0 Å². The van der Waals surface area contributed by atoms with Crippen LogP contribution in [0.3, 0.4) is 0 Å². The lowest BCUT2D eigenvalue weighted by molar-refractivity contribution is 0.187. The summed E-state index contributed by atoms with van der Waals surface area (Å²) in [6.07, 6.45) is 5.38. The lowest BCUT2D eigenvalue weighted by Crippen LogP contribution is -2.39. The van der Waals surface area contributed by atoms with E-state index in [1.54, 1.807) is 0 Å². The van der Waals surface area contributed by atoms with Crippen LogP contribution in [0.5, 0.6) is 0 Å². The van der Waals surface area contributed by atoms with Gasteiger partial charge in [0.1, 0.15) is 0 Å². The molecule has 108 valence electrons. The summed E-state index contributed by atoms with van der Waals surface area (Å²) in [5.74, 6) is 0.907. The quantitative estimate of drug-likeness (QED) is 0.780. The van der Waals surface area contributed by atoms with E-state index in [2.05, 4.69) is 44.8 Å². The van der Waals surface area contributed by atoms with Crippen molar-refractivity contribution >= 4 is 0 Å². The monoisotopic (exact) mass is 254 g/mol. The highest BCUT2D eigenvalue weighted by molar-refractivity contribution is 4.75. The van der Waals surface area contributed by atoms with Gasteiger partial charge < -0.3 is 10.2 Å². The SMILES string of the molecule is CCN1CCC(CNC(C)CCC(C)(C)C)CC1. The first-order valence-corrected chi connectivity index (χ1v) is 7.86. The summed E-state index contributed by atoms with van der Waals surface area (Å²) < 4.78 is 0. The number of hydrogen-bond acceptors (Lipinski definition) is 2. The lowest BCUT2D eigenvalue weighted by Gasteiger charge is -2.32. The standard InChI is InChI=1S/C16H34N2/c1-6-18-11-8-15(9-12-18)13-17-14(2)7-10-16(3,4)5/h14-15,17H,6-13H2,1-5H3. The van der Waals surface area contributed by atoms with E-state index in [1.165, 1.54) is 51.9 Å². The molecule has 2 nitrogen and oxygen atoms in total. The molecule has 0 aromatic rings. The molecule has 0 aliphatic carbocycles. The van der Waals surface area contributed by atoms with E-state index in [0.717, 1.165) is 5.92 Å². The molecule has 1 N–H and O–H groups in total. The van der Waals surface area contributed by atoms with Crippen molar-refractivity contribution in [3.05, 3.63) is 0 Å². The molecule has 0 amide bonds. The summed E-state index contributed by atoms with van der Waals surface area (Å²) in [5.41, 5.74) is 0.475. The van der Waals surface area contributed by atoms with Gasteiger partial charge in [-0.05, 0) is 70.1 Å². The molecule has 1 heterocycles. The van der Waals surface area contributed by atoms with Crippen LogP contribution < -0.4 is 5.32 Å². The van der Waals surface area contributed by atoms with Crippen molar-refractivity contribution in [3.63, 3.8) is 0 Å². The van der Waals surface area contributed by atoms with E-state index in [-0.39, 0.29) is 0 Å². The summed E-state index contributed by atoms with van der Waals surface area (Å²) in [5, 5.41) is 3.74. The molecule has 18 heavy (non-hydrogen) atoms. The maximum Gasteiger partial charge on any atom is 0.00390 e. The topological polar surface area (TPSA) is 15.3 Å². The number of nitrogens with one attached hydrogen (secondary N) is 1. The average Bonchev–Trinajstić information content (AvgIpc) is 2.33. The van der Waals surface area contributed by atoms with Gasteiger partial charge in [-0.3, -0.25) is 0 Å². The molecule has 0 radical (unpaired) electrons. The Labute approximate surface area is 115 Å². The molecule has 1 atom stereocenters. The van der Waals surface area contributed by atoms with E-state index in [1.807, 2.05) is 0 Å². The smallest absolute Gasteiger partial charge is 0.00390 e. The summed E-state index contributed by atoms with van der Waals surface area (Å²) >= 11 is 0. The first-order chi connectivity index (χ1) is 8.40. The Hall–Kier alpha value is -0.0800. The Bertz CT molecular complexity index is 212. The normalized spacial score (nSPS) is 21.2. The van der Waals surface area contributed by atoms with Gasteiger partial charge in [-0.15, -0.1) is 0 Å². The highest BCUT2D eigenvalue weighted by Crippen LogP contribution is 2.22. The number of piperidine rings is 1. The molecule has 1 unspecified atom stereocenters. The largest absolute Gasteiger partial charge is 0.314 e. The van der Waals surface area contributed by atoms with E-state index in [4.69, 9.17) is 0 Å². The van der Waals surface area contributed by atoms with Crippen molar-refractivity contribution in [1.82, 2.24) is 10.2 Å². The fourth-order valence-electron chi connectivity index (χ4n) is 2.63. The molecule has 1 fully saturated rings. The molecular formula is C16H34N2. The van der Waals surface area contributed by atoms with Gasteiger partial charge in [0.05, 0.1) is 0 Å². The molecule has 1 aliphatic rings. The Morgan fingerprint density at radius 1 is 1.22 bits per heavy atom. The van der Waals surface area contributed by atoms with Crippen molar-refractivity contribution in [1.29, 1.82) is 0 Å². The van der Waals surface area contributed by atoms with Crippen molar-refractivity contribution < 1.29 is 0 Å². The predicted molar refractivity (Wildman–Crippen MR) is 81.0 cm³/mol. The van der Waals surface area contributed by atoms with Crippen LogP contribution in [0.4, 0.5) is 0 Å². The molecule has 2 heteroatoms. The number of likely N-dealkylation sites (tertiary alicyclic amines) is 1. The molecule has 0 bridgehead atoms. The fraction of sp³-hybridized carbons (Fsp3) is 1.00. The minimum absolute atomic E-state index is 0.475. The first kappa shape index (κ1) is 16.0. The van der Waals surface area contributed by atoms with Crippen molar-refractivity contribution in [2.75, 3.05) is 26.2 Å². The zero-order chi connectivity index (χ0) is 13.6. The molecule has 1 saturated heterocycles. The van der Waals surface area contributed by atoms with E-state index >= 15 is 0 Å². The van der Waals surface area contributed by atoms with Crippen LogP contribution in [-0.4, -0.2) is 37.1 Å².